The van der Waals surface area contributed by atoms with E-state index >= 15 is 0 Å². The highest BCUT2D eigenvalue weighted by Crippen LogP contribution is 2.13. The molecule has 1 aromatic rings. The molecule has 1 unspecified atom stereocenters. The van der Waals surface area contributed by atoms with E-state index in [0.29, 0.717) is 0 Å². The van der Waals surface area contributed by atoms with Crippen LogP contribution in [0.25, 0.3) is 0 Å². The van der Waals surface area contributed by atoms with Crippen LogP contribution in [0, 0.1) is 0 Å². The molecule has 0 amide bonds. The summed E-state index contributed by atoms with van der Waals surface area (Å²) in [4.78, 5) is 11.1. The van der Waals surface area contributed by atoms with E-state index in [1.54, 1.807) is 0 Å². The molecule has 2 heterocycles. The third-order valence-electron chi connectivity index (χ3n) is 2.15. The Labute approximate surface area is 72.2 Å². The van der Waals surface area contributed by atoms with Gasteiger partial charge in [-0.3, -0.25) is 9.46 Å². The summed E-state index contributed by atoms with van der Waals surface area (Å²) in [6, 6.07) is 0. The summed E-state index contributed by atoms with van der Waals surface area (Å²) in [6.07, 6.45) is 1.60. The number of aromatic amines is 1. The van der Waals surface area contributed by atoms with Crippen LogP contribution in [0.2, 0.25) is 0 Å². The van der Waals surface area contributed by atoms with E-state index in [1.165, 1.54) is 0 Å². The van der Waals surface area contributed by atoms with Crippen molar-refractivity contribution < 1.29 is 4.52 Å². The van der Waals surface area contributed by atoms with Gasteiger partial charge in [0.1, 0.15) is 5.76 Å². The van der Waals surface area contributed by atoms with Gasteiger partial charge in [-0.25, -0.2) is 0 Å². The number of hydrogen-bond donors (Lipinski definition) is 1. The normalized spacial score (nSPS) is 18.8. The first-order chi connectivity index (χ1) is 5.77. The highest BCUT2D eigenvalue weighted by atomic mass is 31.0. The lowest BCUT2D eigenvalue weighted by Gasteiger charge is -2.10. The Hall–Kier alpha value is -0.600. The summed E-state index contributed by atoms with van der Waals surface area (Å²) < 4.78 is 7.16. The molecule has 12 heavy (non-hydrogen) atoms. The molecule has 5 heteroatoms. The largest absolute Gasteiger partial charge is 0.383 e. The SMILES string of the molecule is O=c1[nH]oc2c1CCN(P)CC2. The molecule has 4 nitrogen and oxygen atoms in total. The fourth-order valence-corrected chi connectivity index (χ4v) is 1.68. The van der Waals surface area contributed by atoms with Crippen LogP contribution in [-0.2, 0) is 12.8 Å². The number of fused-ring (bicyclic) bond motifs is 1. The van der Waals surface area contributed by atoms with E-state index in [4.69, 9.17) is 4.52 Å². The van der Waals surface area contributed by atoms with Crippen LogP contribution < -0.4 is 5.56 Å². The summed E-state index contributed by atoms with van der Waals surface area (Å²) in [5, 5.41) is 2.37. The van der Waals surface area contributed by atoms with Gasteiger partial charge in [-0.15, -0.1) is 0 Å². The van der Waals surface area contributed by atoms with Crippen LogP contribution in [0.1, 0.15) is 11.3 Å². The van der Waals surface area contributed by atoms with Gasteiger partial charge in [-0.1, -0.05) is 9.39 Å². The summed E-state index contributed by atoms with van der Waals surface area (Å²) in [6.45, 7) is 1.83. The quantitative estimate of drug-likeness (QED) is 0.587. The van der Waals surface area contributed by atoms with Crippen molar-refractivity contribution in [3.8, 4) is 0 Å². The lowest BCUT2D eigenvalue weighted by Crippen LogP contribution is -2.15. The standard InChI is InChI=1S/C7H11N2O2P/c10-7-5-1-3-9(12)4-2-6(5)11-8-7/h1-4,12H2,(H,8,10). The van der Waals surface area contributed by atoms with Crippen LogP contribution in [0.5, 0.6) is 0 Å². The summed E-state index contributed by atoms with van der Waals surface area (Å²) >= 11 is 0. The fraction of sp³-hybridized carbons (Fsp3) is 0.571. The van der Waals surface area contributed by atoms with Crippen molar-refractivity contribution in [2.45, 2.75) is 12.8 Å². The molecule has 1 atom stereocenters. The topological polar surface area (TPSA) is 49.2 Å². The first-order valence-electron chi connectivity index (χ1n) is 3.96. The molecule has 0 fully saturated rings. The number of rotatable bonds is 0. The summed E-state index contributed by atoms with van der Waals surface area (Å²) in [7, 11) is 2.65. The predicted molar refractivity (Wildman–Crippen MR) is 48.0 cm³/mol. The fourth-order valence-electron chi connectivity index (χ4n) is 1.43. The number of hydrogen-bond acceptors (Lipinski definition) is 3. The summed E-state index contributed by atoms with van der Waals surface area (Å²) in [5.41, 5.74) is 0.755. The Morgan fingerprint density at radius 2 is 2.17 bits per heavy atom. The van der Waals surface area contributed by atoms with Crippen molar-refractivity contribution in [2.24, 2.45) is 0 Å². The van der Waals surface area contributed by atoms with Gasteiger partial charge in [0.25, 0.3) is 5.56 Å². The zero-order valence-corrected chi connectivity index (χ0v) is 7.82. The number of nitrogens with zero attached hydrogens (tertiary/aromatic N) is 1. The smallest absolute Gasteiger partial charge is 0.283 e. The third-order valence-corrected chi connectivity index (χ3v) is 2.67. The molecule has 0 aliphatic carbocycles. The van der Waals surface area contributed by atoms with Crippen molar-refractivity contribution in [3.05, 3.63) is 21.7 Å². The second-order valence-electron chi connectivity index (χ2n) is 2.97. The zero-order chi connectivity index (χ0) is 8.55. The number of H-pyrrole nitrogens is 1. The first kappa shape index (κ1) is 8.02. The Kier molecular flexibility index (Phi) is 2.03. The van der Waals surface area contributed by atoms with Gasteiger partial charge in [0.2, 0.25) is 0 Å². The average Bonchev–Trinajstić information content (AvgIpc) is 2.28. The zero-order valence-electron chi connectivity index (χ0n) is 6.67. The van der Waals surface area contributed by atoms with Gasteiger partial charge >= 0.3 is 0 Å². The molecule has 1 N–H and O–H groups in total. The van der Waals surface area contributed by atoms with E-state index in [1.807, 2.05) is 0 Å². The first-order valence-corrected chi connectivity index (χ1v) is 4.48. The Balaban J connectivity index is 2.34. The molecule has 0 aromatic carbocycles. The lowest BCUT2D eigenvalue weighted by atomic mass is 10.2. The van der Waals surface area contributed by atoms with Crippen molar-refractivity contribution in [1.29, 1.82) is 0 Å². The molecule has 1 aliphatic rings. The summed E-state index contributed by atoms with van der Waals surface area (Å²) in [5.74, 6) is 0.824. The molecule has 66 valence electrons. The van der Waals surface area contributed by atoms with Gasteiger partial charge in [0, 0.05) is 19.5 Å². The monoisotopic (exact) mass is 186 g/mol. The minimum Gasteiger partial charge on any atom is -0.383 e. The van der Waals surface area contributed by atoms with Crippen molar-refractivity contribution in [1.82, 2.24) is 9.83 Å². The van der Waals surface area contributed by atoms with Crippen molar-refractivity contribution in [2.75, 3.05) is 13.1 Å². The average molecular weight is 186 g/mol. The maximum Gasteiger partial charge on any atom is 0.283 e. The van der Waals surface area contributed by atoms with E-state index in [2.05, 4.69) is 19.2 Å². The lowest BCUT2D eigenvalue weighted by molar-refractivity contribution is 0.369. The molecular weight excluding hydrogens is 175 g/mol. The third kappa shape index (κ3) is 1.32. The van der Waals surface area contributed by atoms with E-state index < -0.39 is 0 Å². The van der Waals surface area contributed by atoms with Crippen LogP contribution in [0.3, 0.4) is 0 Å². The van der Waals surface area contributed by atoms with Gasteiger partial charge in [0.05, 0.1) is 5.56 Å². The van der Waals surface area contributed by atoms with Crippen LogP contribution in [-0.4, -0.2) is 22.9 Å². The molecule has 0 spiro atoms. The molecule has 0 saturated heterocycles. The van der Waals surface area contributed by atoms with E-state index in [0.717, 1.165) is 37.3 Å². The Morgan fingerprint density at radius 1 is 1.42 bits per heavy atom. The second-order valence-corrected chi connectivity index (χ2v) is 3.70. The second kappa shape index (κ2) is 3.04. The van der Waals surface area contributed by atoms with Crippen LogP contribution in [0.4, 0.5) is 0 Å². The number of aromatic nitrogens is 1. The van der Waals surface area contributed by atoms with Gasteiger partial charge in [0.15, 0.2) is 0 Å². The molecule has 0 radical (unpaired) electrons. The van der Waals surface area contributed by atoms with Crippen LogP contribution >= 0.6 is 9.39 Å². The van der Waals surface area contributed by atoms with Gasteiger partial charge in [-0.2, -0.15) is 5.16 Å². The van der Waals surface area contributed by atoms with E-state index in [-0.39, 0.29) is 5.56 Å². The van der Waals surface area contributed by atoms with E-state index in [9.17, 15) is 4.79 Å². The molecule has 0 bridgehead atoms. The van der Waals surface area contributed by atoms with Crippen LogP contribution in [0.15, 0.2) is 9.32 Å². The predicted octanol–water partition coefficient (Wildman–Crippen LogP) is 0.159. The Bertz CT molecular complexity index is 330. The molecule has 1 aliphatic heterocycles. The minimum atomic E-state index is -0.0645. The Morgan fingerprint density at radius 3 is 3.00 bits per heavy atom. The minimum absolute atomic E-state index is 0.0645. The van der Waals surface area contributed by atoms with Crippen molar-refractivity contribution >= 4 is 9.39 Å². The molecule has 2 rings (SSSR count). The number of nitrogens with one attached hydrogen (secondary N) is 1. The molecular formula is C7H11N2O2P. The molecule has 1 aromatic heterocycles. The molecule has 0 saturated carbocycles. The van der Waals surface area contributed by atoms with Gasteiger partial charge < -0.3 is 4.52 Å². The van der Waals surface area contributed by atoms with Crippen molar-refractivity contribution in [3.63, 3.8) is 0 Å². The maximum atomic E-state index is 11.1. The van der Waals surface area contributed by atoms with Gasteiger partial charge in [-0.05, 0) is 6.42 Å². The maximum absolute atomic E-state index is 11.1. The highest BCUT2D eigenvalue weighted by Gasteiger charge is 2.17. The highest BCUT2D eigenvalue weighted by molar-refractivity contribution is 7.13.